The van der Waals surface area contributed by atoms with Crippen LogP contribution >= 0.6 is 0 Å². The topological polar surface area (TPSA) is 93.5 Å². The van der Waals surface area contributed by atoms with Crippen molar-refractivity contribution in [2.24, 2.45) is 0 Å². The summed E-state index contributed by atoms with van der Waals surface area (Å²) in [6.07, 6.45) is -0.506. The molecular formula is C28H25F2N3O4. The first-order valence-electron chi connectivity index (χ1n) is 11.6. The van der Waals surface area contributed by atoms with E-state index in [4.69, 9.17) is 9.84 Å². The molecule has 1 unspecified atom stereocenters. The minimum Gasteiger partial charge on any atom is -0.479 e. The van der Waals surface area contributed by atoms with E-state index in [1.54, 1.807) is 59.3 Å². The highest BCUT2D eigenvalue weighted by atomic mass is 19.1. The second-order valence-corrected chi connectivity index (χ2v) is 8.44. The number of aryl methyl sites for hydroxylation is 1. The SMILES string of the molecule is CC(Oc1ccc(-n2nc(CCC(=O)NCc3cccc(F)c3)cc2-c2cccc(F)c2)cc1)C(=O)O. The van der Waals surface area contributed by atoms with Crippen LogP contribution in [-0.4, -0.2) is 32.9 Å². The van der Waals surface area contributed by atoms with Crippen LogP contribution in [0.2, 0.25) is 0 Å². The Labute approximate surface area is 212 Å². The number of carboxylic acids is 1. The number of aliphatic carboxylic acids is 1. The van der Waals surface area contributed by atoms with Crippen LogP contribution in [0.4, 0.5) is 8.78 Å². The predicted molar refractivity (Wildman–Crippen MR) is 133 cm³/mol. The molecule has 4 rings (SSSR count). The third-order valence-corrected chi connectivity index (χ3v) is 5.61. The van der Waals surface area contributed by atoms with Gasteiger partial charge in [-0.2, -0.15) is 5.10 Å². The highest BCUT2D eigenvalue weighted by Crippen LogP contribution is 2.26. The van der Waals surface area contributed by atoms with E-state index in [1.165, 1.54) is 31.2 Å². The van der Waals surface area contributed by atoms with Crippen molar-refractivity contribution < 1.29 is 28.2 Å². The lowest BCUT2D eigenvalue weighted by Crippen LogP contribution is -2.23. The molecule has 0 aliphatic carbocycles. The number of nitrogens with one attached hydrogen (secondary N) is 1. The van der Waals surface area contributed by atoms with Crippen LogP contribution in [0.1, 0.15) is 24.6 Å². The molecule has 0 spiro atoms. The first-order chi connectivity index (χ1) is 17.8. The summed E-state index contributed by atoms with van der Waals surface area (Å²) < 4.78 is 34.3. The number of carbonyl (C=O) groups excluding carboxylic acids is 1. The van der Waals surface area contributed by atoms with Crippen LogP contribution < -0.4 is 10.1 Å². The Kier molecular flexibility index (Phi) is 7.92. The quantitative estimate of drug-likeness (QED) is 0.319. The van der Waals surface area contributed by atoms with E-state index in [-0.39, 0.29) is 24.7 Å². The number of aromatic nitrogens is 2. The zero-order chi connectivity index (χ0) is 26.4. The van der Waals surface area contributed by atoms with Gasteiger partial charge in [0.15, 0.2) is 6.10 Å². The van der Waals surface area contributed by atoms with E-state index >= 15 is 0 Å². The molecule has 1 aromatic heterocycles. The Bertz CT molecular complexity index is 1400. The van der Waals surface area contributed by atoms with E-state index in [0.29, 0.717) is 40.4 Å². The number of carbonyl (C=O) groups is 2. The molecule has 0 bridgehead atoms. The molecule has 1 amide bonds. The average molecular weight is 506 g/mol. The summed E-state index contributed by atoms with van der Waals surface area (Å²) in [5, 5.41) is 16.5. The van der Waals surface area contributed by atoms with Gasteiger partial charge in [0.1, 0.15) is 17.4 Å². The number of benzene rings is 3. The summed E-state index contributed by atoms with van der Waals surface area (Å²) in [6, 6.07) is 20.6. The van der Waals surface area contributed by atoms with Crippen molar-refractivity contribution in [3.63, 3.8) is 0 Å². The molecule has 7 nitrogen and oxygen atoms in total. The lowest BCUT2D eigenvalue weighted by atomic mass is 10.1. The molecule has 37 heavy (non-hydrogen) atoms. The van der Waals surface area contributed by atoms with Gasteiger partial charge in [-0.3, -0.25) is 4.79 Å². The molecule has 1 atom stereocenters. The molecule has 0 aliphatic heterocycles. The third kappa shape index (κ3) is 6.78. The minimum atomic E-state index is -1.07. The molecule has 3 aromatic carbocycles. The van der Waals surface area contributed by atoms with Crippen molar-refractivity contribution in [2.75, 3.05) is 0 Å². The molecular weight excluding hydrogens is 480 g/mol. The van der Waals surface area contributed by atoms with Crippen molar-refractivity contribution >= 4 is 11.9 Å². The third-order valence-electron chi connectivity index (χ3n) is 5.61. The number of amides is 1. The first kappa shape index (κ1) is 25.6. The first-order valence-corrected chi connectivity index (χ1v) is 11.6. The fourth-order valence-electron chi connectivity index (χ4n) is 3.70. The van der Waals surface area contributed by atoms with E-state index in [9.17, 15) is 18.4 Å². The van der Waals surface area contributed by atoms with Gasteiger partial charge >= 0.3 is 5.97 Å². The summed E-state index contributed by atoms with van der Waals surface area (Å²) in [4.78, 5) is 23.4. The number of halogens is 2. The molecule has 0 saturated heterocycles. The monoisotopic (exact) mass is 505 g/mol. The number of rotatable bonds is 10. The maximum Gasteiger partial charge on any atom is 0.344 e. The highest BCUT2D eigenvalue weighted by Gasteiger charge is 2.15. The Morgan fingerprint density at radius 1 is 1.00 bits per heavy atom. The number of hydrogen-bond acceptors (Lipinski definition) is 4. The summed E-state index contributed by atoms with van der Waals surface area (Å²) in [6.45, 7) is 1.65. The summed E-state index contributed by atoms with van der Waals surface area (Å²) >= 11 is 0. The Morgan fingerprint density at radius 2 is 1.70 bits per heavy atom. The van der Waals surface area contributed by atoms with Crippen LogP contribution in [0.25, 0.3) is 16.9 Å². The van der Waals surface area contributed by atoms with Crippen molar-refractivity contribution in [1.29, 1.82) is 0 Å². The standard InChI is InChI=1S/C28H25F2N3O4/c1-18(28(35)36)37-25-11-9-24(10-12-25)33-26(20-5-3-7-22(30)15-20)16-23(32-33)8-13-27(34)31-17-19-4-2-6-21(29)14-19/h2-7,9-12,14-16,18H,8,13,17H2,1H3,(H,31,34)(H,35,36). The normalized spacial score (nSPS) is 11.6. The van der Waals surface area contributed by atoms with Gasteiger partial charge in [-0.05, 0) is 67.1 Å². The molecule has 1 heterocycles. The number of nitrogens with zero attached hydrogens (tertiary/aromatic N) is 2. The molecule has 4 aromatic rings. The second kappa shape index (κ2) is 11.5. The van der Waals surface area contributed by atoms with Crippen molar-refractivity contribution in [2.45, 2.75) is 32.4 Å². The summed E-state index contributed by atoms with van der Waals surface area (Å²) in [5.41, 5.74) is 3.17. The van der Waals surface area contributed by atoms with Crippen LogP contribution in [-0.2, 0) is 22.6 Å². The largest absolute Gasteiger partial charge is 0.479 e. The fraction of sp³-hybridized carbons (Fsp3) is 0.179. The van der Waals surface area contributed by atoms with Crippen LogP contribution in [0.15, 0.2) is 78.9 Å². The van der Waals surface area contributed by atoms with E-state index < -0.39 is 17.9 Å². The van der Waals surface area contributed by atoms with Gasteiger partial charge in [0.25, 0.3) is 0 Å². The second-order valence-electron chi connectivity index (χ2n) is 8.44. The maximum atomic E-state index is 14.0. The highest BCUT2D eigenvalue weighted by molar-refractivity contribution is 5.76. The summed E-state index contributed by atoms with van der Waals surface area (Å²) in [5.74, 6) is -1.66. The molecule has 0 saturated carbocycles. The average Bonchev–Trinajstić information content (AvgIpc) is 3.31. The molecule has 190 valence electrons. The molecule has 0 aliphatic rings. The van der Waals surface area contributed by atoms with Gasteiger partial charge in [0.05, 0.1) is 17.1 Å². The van der Waals surface area contributed by atoms with Gasteiger partial charge in [-0.1, -0.05) is 24.3 Å². The zero-order valence-electron chi connectivity index (χ0n) is 20.0. The molecule has 2 N–H and O–H groups in total. The number of carboxylic acid groups (broad SMARTS) is 1. The van der Waals surface area contributed by atoms with Crippen molar-refractivity contribution in [3.05, 3.63) is 102 Å². The number of ether oxygens (including phenoxy) is 1. The fourth-order valence-corrected chi connectivity index (χ4v) is 3.70. The Balaban J connectivity index is 1.51. The van der Waals surface area contributed by atoms with Crippen LogP contribution in [0.3, 0.4) is 0 Å². The van der Waals surface area contributed by atoms with Gasteiger partial charge in [-0.15, -0.1) is 0 Å². The minimum absolute atomic E-state index is 0.161. The van der Waals surface area contributed by atoms with E-state index in [0.717, 1.165) is 0 Å². The van der Waals surface area contributed by atoms with E-state index in [2.05, 4.69) is 10.4 Å². The molecule has 0 fully saturated rings. The van der Waals surface area contributed by atoms with Crippen molar-refractivity contribution in [1.82, 2.24) is 15.1 Å². The molecule has 0 radical (unpaired) electrons. The van der Waals surface area contributed by atoms with Gasteiger partial charge < -0.3 is 15.2 Å². The van der Waals surface area contributed by atoms with E-state index in [1.807, 2.05) is 0 Å². The van der Waals surface area contributed by atoms with Crippen LogP contribution in [0.5, 0.6) is 5.75 Å². The lowest BCUT2D eigenvalue weighted by molar-refractivity contribution is -0.144. The lowest BCUT2D eigenvalue weighted by Gasteiger charge is -2.12. The van der Waals surface area contributed by atoms with Gasteiger partial charge in [0, 0.05) is 24.9 Å². The number of hydrogen-bond donors (Lipinski definition) is 2. The molecule has 9 heteroatoms. The van der Waals surface area contributed by atoms with Gasteiger partial charge in [-0.25, -0.2) is 18.3 Å². The Hall–Kier alpha value is -4.53. The zero-order valence-corrected chi connectivity index (χ0v) is 20.0. The predicted octanol–water partition coefficient (Wildman–Crippen LogP) is 4.92. The van der Waals surface area contributed by atoms with Gasteiger partial charge in [0.2, 0.25) is 5.91 Å². The summed E-state index contributed by atoms with van der Waals surface area (Å²) in [7, 11) is 0. The Morgan fingerprint density at radius 3 is 2.38 bits per heavy atom. The van der Waals surface area contributed by atoms with Crippen molar-refractivity contribution in [3.8, 4) is 22.7 Å². The smallest absolute Gasteiger partial charge is 0.344 e. The maximum absolute atomic E-state index is 14.0. The van der Waals surface area contributed by atoms with Crippen LogP contribution in [0, 0.1) is 11.6 Å².